The standard InChI is InChI=1S/C16H17ClN2O/c1-11-9-19(10-12-3-2-4-13(17)7-12)15-8-14(18)5-6-16(15)20-11/h2-8,11H,9-10,18H2,1H3. The van der Waals surface area contributed by atoms with Crippen LogP contribution in [0.15, 0.2) is 42.5 Å². The SMILES string of the molecule is CC1CN(Cc2cccc(Cl)c2)c2cc(N)ccc2O1. The summed E-state index contributed by atoms with van der Waals surface area (Å²) in [5.41, 5.74) is 8.87. The molecule has 104 valence electrons. The van der Waals surface area contributed by atoms with Crippen LogP contribution in [0.25, 0.3) is 0 Å². The molecule has 0 amide bonds. The molecule has 0 fully saturated rings. The summed E-state index contributed by atoms with van der Waals surface area (Å²) in [5.74, 6) is 0.889. The van der Waals surface area contributed by atoms with Crippen molar-refractivity contribution in [1.29, 1.82) is 0 Å². The first kappa shape index (κ1) is 13.1. The maximum absolute atomic E-state index is 6.05. The molecule has 4 heteroatoms. The van der Waals surface area contributed by atoms with E-state index >= 15 is 0 Å². The van der Waals surface area contributed by atoms with E-state index in [1.807, 2.05) is 36.4 Å². The van der Waals surface area contributed by atoms with Crippen molar-refractivity contribution in [3.8, 4) is 5.75 Å². The Hall–Kier alpha value is -1.87. The number of rotatable bonds is 2. The molecule has 0 bridgehead atoms. The highest BCUT2D eigenvalue weighted by Crippen LogP contribution is 2.36. The molecular weight excluding hydrogens is 272 g/mol. The number of ether oxygens (including phenoxy) is 1. The molecule has 0 radical (unpaired) electrons. The van der Waals surface area contributed by atoms with E-state index in [0.717, 1.165) is 35.2 Å². The van der Waals surface area contributed by atoms with Crippen molar-refractivity contribution in [2.75, 3.05) is 17.2 Å². The van der Waals surface area contributed by atoms with Crippen LogP contribution >= 0.6 is 11.6 Å². The highest BCUT2D eigenvalue weighted by molar-refractivity contribution is 6.30. The zero-order chi connectivity index (χ0) is 14.1. The minimum Gasteiger partial charge on any atom is -0.487 e. The molecule has 1 aliphatic rings. The van der Waals surface area contributed by atoms with Gasteiger partial charge in [-0.1, -0.05) is 23.7 Å². The van der Waals surface area contributed by atoms with E-state index in [-0.39, 0.29) is 6.10 Å². The molecular formula is C16H17ClN2O. The lowest BCUT2D eigenvalue weighted by atomic mass is 10.1. The Balaban J connectivity index is 1.92. The third-order valence-electron chi connectivity index (χ3n) is 3.39. The van der Waals surface area contributed by atoms with Crippen LogP contribution in [0.5, 0.6) is 5.75 Å². The molecule has 1 aliphatic heterocycles. The Morgan fingerprint density at radius 3 is 2.95 bits per heavy atom. The Morgan fingerprint density at radius 2 is 2.15 bits per heavy atom. The predicted molar refractivity (Wildman–Crippen MR) is 83.4 cm³/mol. The van der Waals surface area contributed by atoms with Crippen LogP contribution < -0.4 is 15.4 Å². The molecule has 0 saturated heterocycles. The number of nitrogens with two attached hydrogens (primary N) is 1. The van der Waals surface area contributed by atoms with E-state index in [2.05, 4.69) is 17.9 Å². The van der Waals surface area contributed by atoms with Crippen molar-refractivity contribution in [2.24, 2.45) is 0 Å². The third kappa shape index (κ3) is 2.68. The van der Waals surface area contributed by atoms with Crippen molar-refractivity contribution in [1.82, 2.24) is 0 Å². The molecule has 1 heterocycles. The van der Waals surface area contributed by atoms with E-state index in [1.165, 1.54) is 5.56 Å². The number of hydrogen-bond acceptors (Lipinski definition) is 3. The Labute approximate surface area is 123 Å². The minimum atomic E-state index is 0.158. The topological polar surface area (TPSA) is 38.5 Å². The molecule has 20 heavy (non-hydrogen) atoms. The highest BCUT2D eigenvalue weighted by Gasteiger charge is 2.23. The van der Waals surface area contributed by atoms with Crippen LogP contribution in [0, 0.1) is 0 Å². The van der Waals surface area contributed by atoms with Gasteiger partial charge < -0.3 is 15.4 Å². The van der Waals surface area contributed by atoms with Crippen LogP contribution in [0.1, 0.15) is 12.5 Å². The lowest BCUT2D eigenvalue weighted by molar-refractivity contribution is 0.212. The van der Waals surface area contributed by atoms with Crippen molar-refractivity contribution < 1.29 is 4.74 Å². The molecule has 2 aromatic rings. The molecule has 0 spiro atoms. The second kappa shape index (κ2) is 5.25. The van der Waals surface area contributed by atoms with Gasteiger partial charge in [-0.2, -0.15) is 0 Å². The summed E-state index contributed by atoms with van der Waals surface area (Å²) in [7, 11) is 0. The predicted octanol–water partition coefficient (Wildman–Crippen LogP) is 3.71. The summed E-state index contributed by atoms with van der Waals surface area (Å²) in [6, 6.07) is 13.7. The normalized spacial score (nSPS) is 17.5. The van der Waals surface area contributed by atoms with Crippen LogP contribution in [-0.2, 0) is 6.54 Å². The van der Waals surface area contributed by atoms with Crippen molar-refractivity contribution in [2.45, 2.75) is 19.6 Å². The van der Waals surface area contributed by atoms with Gasteiger partial charge in [0.2, 0.25) is 0 Å². The number of nitrogens with zero attached hydrogens (tertiary/aromatic N) is 1. The van der Waals surface area contributed by atoms with Gasteiger partial charge in [0.05, 0.1) is 12.2 Å². The first-order valence-corrected chi connectivity index (χ1v) is 7.05. The molecule has 1 unspecified atom stereocenters. The Morgan fingerprint density at radius 1 is 1.30 bits per heavy atom. The van der Waals surface area contributed by atoms with Crippen LogP contribution in [-0.4, -0.2) is 12.6 Å². The van der Waals surface area contributed by atoms with E-state index in [4.69, 9.17) is 22.1 Å². The second-order valence-electron chi connectivity index (χ2n) is 5.17. The van der Waals surface area contributed by atoms with Gasteiger partial charge in [-0.05, 0) is 42.8 Å². The summed E-state index contributed by atoms with van der Waals surface area (Å²) in [6.45, 7) is 3.71. The Kier molecular flexibility index (Phi) is 3.45. The molecule has 3 rings (SSSR count). The lowest BCUT2D eigenvalue weighted by Crippen LogP contribution is -2.38. The largest absolute Gasteiger partial charge is 0.487 e. The first-order chi connectivity index (χ1) is 9.61. The van der Waals surface area contributed by atoms with Crippen molar-refractivity contribution in [3.05, 3.63) is 53.1 Å². The molecule has 0 aliphatic carbocycles. The summed E-state index contributed by atoms with van der Waals surface area (Å²) in [4.78, 5) is 2.28. The van der Waals surface area contributed by atoms with Crippen molar-refractivity contribution >= 4 is 23.0 Å². The van der Waals surface area contributed by atoms with Gasteiger partial charge in [-0.25, -0.2) is 0 Å². The van der Waals surface area contributed by atoms with Crippen LogP contribution in [0.3, 0.4) is 0 Å². The zero-order valence-corrected chi connectivity index (χ0v) is 12.1. The van der Waals surface area contributed by atoms with Crippen LogP contribution in [0.2, 0.25) is 5.02 Å². The van der Waals surface area contributed by atoms with Crippen molar-refractivity contribution in [3.63, 3.8) is 0 Å². The van der Waals surface area contributed by atoms with E-state index < -0.39 is 0 Å². The average Bonchev–Trinajstić information content (AvgIpc) is 2.39. The number of fused-ring (bicyclic) bond motifs is 1. The third-order valence-corrected chi connectivity index (χ3v) is 3.63. The van der Waals surface area contributed by atoms with Gasteiger partial charge in [0.1, 0.15) is 11.9 Å². The Bertz CT molecular complexity index is 630. The fourth-order valence-corrected chi connectivity index (χ4v) is 2.76. The maximum Gasteiger partial charge on any atom is 0.143 e. The average molecular weight is 289 g/mol. The number of nitrogen functional groups attached to an aromatic ring is 1. The zero-order valence-electron chi connectivity index (χ0n) is 11.3. The fraction of sp³-hybridized carbons (Fsp3) is 0.250. The van der Waals surface area contributed by atoms with E-state index in [9.17, 15) is 0 Å². The van der Waals surface area contributed by atoms with Gasteiger partial charge >= 0.3 is 0 Å². The quantitative estimate of drug-likeness (QED) is 0.856. The first-order valence-electron chi connectivity index (χ1n) is 6.67. The number of hydrogen-bond donors (Lipinski definition) is 1. The molecule has 2 aromatic carbocycles. The van der Waals surface area contributed by atoms with Gasteiger partial charge in [-0.3, -0.25) is 0 Å². The monoisotopic (exact) mass is 288 g/mol. The summed E-state index contributed by atoms with van der Waals surface area (Å²) >= 11 is 6.05. The molecule has 3 nitrogen and oxygen atoms in total. The molecule has 1 atom stereocenters. The smallest absolute Gasteiger partial charge is 0.143 e. The van der Waals surface area contributed by atoms with E-state index in [1.54, 1.807) is 0 Å². The highest BCUT2D eigenvalue weighted by atomic mass is 35.5. The van der Waals surface area contributed by atoms with Gasteiger partial charge in [0.15, 0.2) is 0 Å². The molecule has 0 saturated carbocycles. The number of halogens is 1. The van der Waals surface area contributed by atoms with E-state index in [0.29, 0.717) is 0 Å². The summed E-state index contributed by atoms with van der Waals surface area (Å²) in [5, 5.41) is 0.761. The second-order valence-corrected chi connectivity index (χ2v) is 5.60. The fourth-order valence-electron chi connectivity index (χ4n) is 2.55. The minimum absolute atomic E-state index is 0.158. The number of benzene rings is 2. The molecule has 0 aromatic heterocycles. The van der Waals surface area contributed by atoms with Crippen LogP contribution in [0.4, 0.5) is 11.4 Å². The van der Waals surface area contributed by atoms with Gasteiger partial charge in [-0.15, -0.1) is 0 Å². The maximum atomic E-state index is 6.05. The summed E-state index contributed by atoms with van der Waals surface area (Å²) < 4.78 is 5.86. The lowest BCUT2D eigenvalue weighted by Gasteiger charge is -2.35. The molecule has 2 N–H and O–H groups in total. The number of anilines is 2. The van der Waals surface area contributed by atoms with Gasteiger partial charge in [0.25, 0.3) is 0 Å². The van der Waals surface area contributed by atoms with Gasteiger partial charge in [0, 0.05) is 17.3 Å². The summed E-state index contributed by atoms with van der Waals surface area (Å²) in [6.07, 6.45) is 0.158.